The van der Waals surface area contributed by atoms with Crippen molar-refractivity contribution in [3.8, 4) is 17.1 Å². The predicted octanol–water partition coefficient (Wildman–Crippen LogP) is 4.59. The molecule has 0 saturated heterocycles. The summed E-state index contributed by atoms with van der Waals surface area (Å²) in [4.78, 5) is 4.59. The second kappa shape index (κ2) is 4.63. The summed E-state index contributed by atoms with van der Waals surface area (Å²) in [6, 6.07) is 18.2. The number of aryl methyl sites for hydroxylation is 1. The average Bonchev–Trinajstić information content (AvgIpc) is 3.16. The normalized spacial score (nSPS) is 11.1. The van der Waals surface area contributed by atoms with Crippen molar-refractivity contribution in [2.45, 2.75) is 6.92 Å². The predicted molar refractivity (Wildman–Crippen MR) is 83.5 cm³/mol. The lowest BCUT2D eigenvalue weighted by Crippen LogP contribution is -1.89. The molecule has 2 aromatic carbocycles. The Morgan fingerprint density at radius 1 is 0.952 bits per heavy atom. The summed E-state index contributed by atoms with van der Waals surface area (Å²) >= 11 is 0. The van der Waals surface area contributed by atoms with E-state index in [4.69, 9.17) is 4.42 Å². The number of benzene rings is 2. The van der Waals surface area contributed by atoms with Crippen molar-refractivity contribution >= 4 is 11.1 Å². The summed E-state index contributed by atoms with van der Waals surface area (Å²) in [6.45, 7) is 2.06. The number of nitrogens with zero attached hydrogens (tertiary/aromatic N) is 2. The SMILES string of the molecule is Cc1ccc2oc(-c3cccc(-n4cccc4)c3)nc2c1. The third-order valence-corrected chi connectivity index (χ3v) is 3.54. The molecule has 0 fully saturated rings. The Balaban J connectivity index is 1.83. The summed E-state index contributed by atoms with van der Waals surface area (Å²) in [5.74, 6) is 0.657. The van der Waals surface area contributed by atoms with Crippen LogP contribution in [0.25, 0.3) is 28.2 Å². The van der Waals surface area contributed by atoms with Crippen molar-refractivity contribution in [2.24, 2.45) is 0 Å². The Kier molecular flexibility index (Phi) is 2.64. The van der Waals surface area contributed by atoms with Crippen LogP contribution in [0.3, 0.4) is 0 Å². The van der Waals surface area contributed by atoms with Crippen molar-refractivity contribution in [1.82, 2.24) is 9.55 Å². The summed E-state index contributed by atoms with van der Waals surface area (Å²) in [7, 11) is 0. The van der Waals surface area contributed by atoms with E-state index in [0.717, 1.165) is 22.4 Å². The number of aromatic nitrogens is 2. The molecule has 0 aliphatic rings. The standard InChI is InChI=1S/C18H14N2O/c1-13-7-8-17-16(11-13)19-18(21-17)14-5-4-6-15(12-14)20-9-2-3-10-20/h2-12H,1H3. The highest BCUT2D eigenvalue weighted by atomic mass is 16.3. The molecule has 2 heterocycles. The van der Waals surface area contributed by atoms with E-state index in [9.17, 15) is 0 Å². The molecule has 4 rings (SSSR count). The minimum Gasteiger partial charge on any atom is -0.436 e. The van der Waals surface area contributed by atoms with Gasteiger partial charge in [0.05, 0.1) is 0 Å². The molecule has 0 aliphatic carbocycles. The van der Waals surface area contributed by atoms with Crippen LogP contribution in [0, 0.1) is 6.92 Å². The number of hydrogen-bond donors (Lipinski definition) is 0. The van der Waals surface area contributed by atoms with Crippen LogP contribution in [0.15, 0.2) is 71.4 Å². The summed E-state index contributed by atoms with van der Waals surface area (Å²) in [5.41, 5.74) is 4.98. The highest BCUT2D eigenvalue weighted by Crippen LogP contribution is 2.26. The Bertz CT molecular complexity index is 904. The Hall–Kier alpha value is -2.81. The van der Waals surface area contributed by atoms with E-state index in [2.05, 4.69) is 28.6 Å². The molecule has 21 heavy (non-hydrogen) atoms. The number of rotatable bonds is 2. The van der Waals surface area contributed by atoms with Crippen LogP contribution in [0.2, 0.25) is 0 Å². The molecule has 0 spiro atoms. The molecule has 2 aromatic heterocycles. The molecular weight excluding hydrogens is 260 g/mol. The lowest BCUT2D eigenvalue weighted by atomic mass is 10.2. The molecule has 102 valence electrons. The second-order valence-electron chi connectivity index (χ2n) is 5.13. The lowest BCUT2D eigenvalue weighted by Gasteiger charge is -2.03. The molecule has 0 bridgehead atoms. The third kappa shape index (κ3) is 2.13. The molecule has 3 heteroatoms. The number of oxazole rings is 1. The summed E-state index contributed by atoms with van der Waals surface area (Å²) in [5, 5.41) is 0. The van der Waals surface area contributed by atoms with Crippen molar-refractivity contribution in [3.63, 3.8) is 0 Å². The summed E-state index contributed by atoms with van der Waals surface area (Å²) < 4.78 is 7.93. The molecule has 0 aliphatic heterocycles. The van der Waals surface area contributed by atoms with E-state index in [1.165, 1.54) is 5.56 Å². The zero-order valence-electron chi connectivity index (χ0n) is 11.7. The minimum absolute atomic E-state index is 0.657. The number of fused-ring (bicyclic) bond motifs is 1. The van der Waals surface area contributed by atoms with Gasteiger partial charge in [-0.15, -0.1) is 0 Å². The van der Waals surface area contributed by atoms with Crippen molar-refractivity contribution in [3.05, 3.63) is 72.6 Å². The van der Waals surface area contributed by atoms with Gasteiger partial charge in [0, 0.05) is 23.6 Å². The molecule has 3 nitrogen and oxygen atoms in total. The van der Waals surface area contributed by atoms with Gasteiger partial charge in [0.15, 0.2) is 5.58 Å². The first-order valence-corrected chi connectivity index (χ1v) is 6.90. The maximum absolute atomic E-state index is 5.86. The molecule has 0 atom stereocenters. The molecule has 0 amide bonds. The highest BCUT2D eigenvalue weighted by molar-refractivity contribution is 5.77. The van der Waals surface area contributed by atoms with Crippen LogP contribution in [-0.2, 0) is 0 Å². The summed E-state index contributed by atoms with van der Waals surface area (Å²) in [6.07, 6.45) is 4.04. The van der Waals surface area contributed by atoms with E-state index in [-0.39, 0.29) is 0 Å². The maximum atomic E-state index is 5.86. The van der Waals surface area contributed by atoms with Crippen LogP contribution >= 0.6 is 0 Å². The van der Waals surface area contributed by atoms with E-state index >= 15 is 0 Å². The van der Waals surface area contributed by atoms with Gasteiger partial charge in [0.1, 0.15) is 5.52 Å². The van der Waals surface area contributed by atoms with E-state index in [1.54, 1.807) is 0 Å². The van der Waals surface area contributed by atoms with E-state index < -0.39 is 0 Å². The van der Waals surface area contributed by atoms with Gasteiger partial charge in [-0.25, -0.2) is 4.98 Å². The van der Waals surface area contributed by atoms with Crippen LogP contribution < -0.4 is 0 Å². The Morgan fingerprint density at radius 3 is 2.67 bits per heavy atom. The van der Waals surface area contributed by atoms with Crippen molar-refractivity contribution < 1.29 is 4.42 Å². The van der Waals surface area contributed by atoms with Gasteiger partial charge in [-0.3, -0.25) is 0 Å². The van der Waals surface area contributed by atoms with Gasteiger partial charge < -0.3 is 8.98 Å². The van der Waals surface area contributed by atoms with Crippen LogP contribution in [0.5, 0.6) is 0 Å². The lowest BCUT2D eigenvalue weighted by molar-refractivity contribution is 0.619. The first kappa shape index (κ1) is 12.0. The first-order valence-electron chi connectivity index (χ1n) is 6.90. The van der Waals surface area contributed by atoms with Crippen molar-refractivity contribution in [2.75, 3.05) is 0 Å². The third-order valence-electron chi connectivity index (χ3n) is 3.54. The largest absolute Gasteiger partial charge is 0.436 e. The van der Waals surface area contributed by atoms with Gasteiger partial charge in [-0.1, -0.05) is 12.1 Å². The zero-order chi connectivity index (χ0) is 14.2. The highest BCUT2D eigenvalue weighted by Gasteiger charge is 2.09. The van der Waals surface area contributed by atoms with Gasteiger partial charge >= 0.3 is 0 Å². The fourth-order valence-electron chi connectivity index (χ4n) is 2.47. The zero-order valence-corrected chi connectivity index (χ0v) is 11.7. The fourth-order valence-corrected chi connectivity index (χ4v) is 2.47. The maximum Gasteiger partial charge on any atom is 0.227 e. The van der Waals surface area contributed by atoms with E-state index in [0.29, 0.717) is 5.89 Å². The minimum atomic E-state index is 0.657. The second-order valence-corrected chi connectivity index (χ2v) is 5.13. The van der Waals surface area contributed by atoms with Gasteiger partial charge in [-0.2, -0.15) is 0 Å². The first-order chi connectivity index (χ1) is 10.3. The van der Waals surface area contributed by atoms with Crippen LogP contribution in [-0.4, -0.2) is 9.55 Å². The van der Waals surface area contributed by atoms with E-state index in [1.807, 2.05) is 54.9 Å². The Morgan fingerprint density at radius 2 is 1.81 bits per heavy atom. The molecule has 0 saturated carbocycles. The van der Waals surface area contributed by atoms with Gasteiger partial charge in [0.2, 0.25) is 5.89 Å². The molecule has 4 aromatic rings. The molecule has 0 N–H and O–H groups in total. The van der Waals surface area contributed by atoms with Gasteiger partial charge in [-0.05, 0) is 55.0 Å². The monoisotopic (exact) mass is 274 g/mol. The number of hydrogen-bond acceptors (Lipinski definition) is 2. The molecule has 0 unspecified atom stereocenters. The van der Waals surface area contributed by atoms with Gasteiger partial charge in [0.25, 0.3) is 0 Å². The molecule has 0 radical (unpaired) electrons. The van der Waals surface area contributed by atoms with Crippen molar-refractivity contribution in [1.29, 1.82) is 0 Å². The quantitative estimate of drug-likeness (QED) is 0.535. The van der Waals surface area contributed by atoms with Crippen LogP contribution in [0.4, 0.5) is 0 Å². The topological polar surface area (TPSA) is 31.0 Å². The smallest absolute Gasteiger partial charge is 0.227 e. The fraction of sp³-hybridized carbons (Fsp3) is 0.0556. The molecular formula is C18H14N2O. The van der Waals surface area contributed by atoms with Crippen LogP contribution in [0.1, 0.15) is 5.56 Å². The average molecular weight is 274 g/mol. The Labute approximate surface area is 122 Å².